The molecule has 1 nitrogen and oxygen atoms in total. The van der Waals surface area contributed by atoms with E-state index >= 15 is 0 Å². The van der Waals surface area contributed by atoms with E-state index in [1.54, 1.807) is 11.1 Å². The Balaban J connectivity index is 0.925. The van der Waals surface area contributed by atoms with Gasteiger partial charge in [0.15, 0.2) is 0 Å². The van der Waals surface area contributed by atoms with E-state index in [9.17, 15) is 0 Å². The van der Waals surface area contributed by atoms with Gasteiger partial charge in [0, 0.05) is 33.2 Å². The highest BCUT2D eigenvalue weighted by atomic mass is 15.1. The molecule has 1 atom stereocenters. The van der Waals surface area contributed by atoms with Crippen LogP contribution < -0.4 is 4.90 Å². The average Bonchev–Trinajstić information content (AvgIpc) is 3.95. The van der Waals surface area contributed by atoms with Crippen LogP contribution in [-0.2, 0) is 16.2 Å². The van der Waals surface area contributed by atoms with Crippen molar-refractivity contribution in [3.8, 4) is 55.6 Å². The summed E-state index contributed by atoms with van der Waals surface area (Å²) >= 11 is 0. The minimum Gasteiger partial charge on any atom is -0.310 e. The lowest BCUT2D eigenvalue weighted by Crippen LogP contribution is -2.55. The second-order valence-electron chi connectivity index (χ2n) is 22.5. The van der Waals surface area contributed by atoms with E-state index in [0.29, 0.717) is 11.8 Å². The molecule has 7 aliphatic rings. The highest BCUT2D eigenvalue weighted by Gasteiger charge is 2.61. The van der Waals surface area contributed by atoms with Crippen LogP contribution in [0.25, 0.3) is 55.6 Å². The average molecular weight is 900 g/mol. The van der Waals surface area contributed by atoms with Gasteiger partial charge < -0.3 is 4.90 Å². The van der Waals surface area contributed by atoms with Crippen LogP contribution >= 0.6 is 0 Å². The fourth-order valence-electron chi connectivity index (χ4n) is 16.3. The number of hydrogen-bond acceptors (Lipinski definition) is 1. The van der Waals surface area contributed by atoms with E-state index in [4.69, 9.17) is 0 Å². The van der Waals surface area contributed by atoms with Crippen molar-refractivity contribution in [2.75, 3.05) is 4.90 Å². The molecule has 4 saturated carbocycles. The number of fused-ring (bicyclic) bond motifs is 9. The Morgan fingerprint density at radius 1 is 0.371 bits per heavy atom. The summed E-state index contributed by atoms with van der Waals surface area (Å²) < 4.78 is 0. The molecular formula is C69H57N. The number of benzene rings is 9. The monoisotopic (exact) mass is 899 g/mol. The van der Waals surface area contributed by atoms with E-state index in [-0.39, 0.29) is 16.2 Å². The molecule has 4 fully saturated rings. The Bertz CT molecular complexity index is 3580. The van der Waals surface area contributed by atoms with Crippen LogP contribution in [0.4, 0.5) is 17.1 Å². The molecule has 0 aliphatic heterocycles. The Morgan fingerprint density at radius 3 is 1.60 bits per heavy atom. The summed E-state index contributed by atoms with van der Waals surface area (Å²) in [5.74, 6) is 3.17. The van der Waals surface area contributed by atoms with Crippen LogP contribution in [0.3, 0.4) is 0 Å². The molecule has 1 spiro atoms. The number of hydrogen-bond donors (Lipinski definition) is 0. The zero-order chi connectivity index (χ0) is 46.5. The van der Waals surface area contributed by atoms with E-state index in [0.717, 1.165) is 11.8 Å². The maximum atomic E-state index is 2.67. The predicted molar refractivity (Wildman–Crippen MR) is 290 cm³/mol. The van der Waals surface area contributed by atoms with Gasteiger partial charge >= 0.3 is 0 Å². The van der Waals surface area contributed by atoms with Crippen LogP contribution in [0, 0.1) is 23.7 Å². The molecule has 0 amide bonds. The molecule has 1 unspecified atom stereocenters. The van der Waals surface area contributed by atoms with Gasteiger partial charge in [0.2, 0.25) is 0 Å². The summed E-state index contributed by atoms with van der Waals surface area (Å²) in [6.07, 6.45) is 6.93. The van der Waals surface area contributed by atoms with Crippen molar-refractivity contribution < 1.29 is 0 Å². The Hall–Kier alpha value is -7.22. The molecular weight excluding hydrogens is 843 g/mol. The van der Waals surface area contributed by atoms with E-state index in [1.165, 1.54) is 133 Å². The van der Waals surface area contributed by atoms with Gasteiger partial charge in [-0.2, -0.15) is 0 Å². The van der Waals surface area contributed by atoms with Crippen molar-refractivity contribution in [3.05, 3.63) is 245 Å². The smallest absolute Gasteiger partial charge is 0.0543 e. The molecule has 338 valence electrons. The Morgan fingerprint density at radius 2 is 0.886 bits per heavy atom. The lowest BCUT2D eigenvalue weighted by molar-refractivity contribution is -0.0399. The highest BCUT2D eigenvalue weighted by Crippen LogP contribution is 2.70. The van der Waals surface area contributed by atoms with E-state index < -0.39 is 0 Å². The standard InChI is InChI=1S/C69H57N/c1-67(2)59-26-12-9-22-54(59)57-25-15-24-56(66(57)67)52-20-8-7-19-51(52)45-31-33-49(34-32-45)70(64-30-16-29-62-65(64)58-23-11-13-27-60(58)68(62,3)46-17-5-4-6-18-46)50-35-36-55-53-21-10-14-28-61(53)69(63(55)42-50)47-38-43-37-44(40-47)41-48(69)39-43/h4-36,42-44,47-48H,37-41H2,1-3H3. The summed E-state index contributed by atoms with van der Waals surface area (Å²) in [6, 6.07) is 79.2. The van der Waals surface area contributed by atoms with Crippen LogP contribution in [0.2, 0.25) is 0 Å². The summed E-state index contributed by atoms with van der Waals surface area (Å²) in [4.78, 5) is 2.62. The fraction of sp³-hybridized carbons (Fsp3) is 0.217. The maximum Gasteiger partial charge on any atom is 0.0543 e. The zero-order valence-electron chi connectivity index (χ0n) is 40.4. The van der Waals surface area contributed by atoms with Gasteiger partial charge in [-0.15, -0.1) is 0 Å². The van der Waals surface area contributed by atoms with Gasteiger partial charge in [0.1, 0.15) is 0 Å². The van der Waals surface area contributed by atoms with Crippen molar-refractivity contribution in [3.63, 3.8) is 0 Å². The molecule has 9 aromatic carbocycles. The van der Waals surface area contributed by atoms with Crippen LogP contribution in [-0.4, -0.2) is 0 Å². The number of anilines is 3. The zero-order valence-corrected chi connectivity index (χ0v) is 40.4. The molecule has 16 rings (SSSR count). The molecule has 70 heavy (non-hydrogen) atoms. The third kappa shape index (κ3) is 5.33. The summed E-state index contributed by atoms with van der Waals surface area (Å²) in [5, 5.41) is 0. The topological polar surface area (TPSA) is 3.24 Å². The van der Waals surface area contributed by atoms with Crippen molar-refractivity contribution in [1.29, 1.82) is 0 Å². The first-order valence-electron chi connectivity index (χ1n) is 26.1. The lowest BCUT2D eigenvalue weighted by atomic mass is 9.43. The molecule has 4 bridgehead atoms. The number of nitrogens with zero attached hydrogens (tertiary/aromatic N) is 1. The maximum absolute atomic E-state index is 2.67. The summed E-state index contributed by atoms with van der Waals surface area (Å²) in [7, 11) is 0. The van der Waals surface area contributed by atoms with Crippen LogP contribution in [0.5, 0.6) is 0 Å². The Kier molecular flexibility index (Phi) is 8.51. The van der Waals surface area contributed by atoms with Gasteiger partial charge in [0.05, 0.1) is 5.69 Å². The Labute approximate surface area is 413 Å². The quantitative estimate of drug-likeness (QED) is 0.161. The first kappa shape index (κ1) is 40.6. The minimum atomic E-state index is -0.306. The number of rotatable bonds is 6. The molecule has 0 saturated heterocycles. The largest absolute Gasteiger partial charge is 0.310 e. The van der Waals surface area contributed by atoms with Crippen molar-refractivity contribution >= 4 is 17.1 Å². The summed E-state index contributed by atoms with van der Waals surface area (Å²) in [6.45, 7) is 7.24. The third-order valence-electron chi connectivity index (χ3n) is 18.9. The molecule has 0 aromatic heterocycles. The van der Waals surface area contributed by atoms with E-state index in [2.05, 4.69) is 232 Å². The van der Waals surface area contributed by atoms with Gasteiger partial charge in [-0.3, -0.25) is 0 Å². The van der Waals surface area contributed by atoms with Crippen molar-refractivity contribution in [2.24, 2.45) is 23.7 Å². The van der Waals surface area contributed by atoms with Crippen LogP contribution in [0.1, 0.15) is 91.8 Å². The van der Waals surface area contributed by atoms with Gasteiger partial charge in [0.25, 0.3) is 0 Å². The lowest BCUT2D eigenvalue weighted by Gasteiger charge is -2.61. The molecule has 0 radical (unpaired) electrons. The SMILES string of the molecule is CC1(C)c2ccccc2-c2cccc(-c3ccccc3-c3ccc(N(c4ccc5c(c4)C4(c6ccccc6-5)C5CC6CC(C5)CC4C6)c4cccc5c4-c4ccccc4C5(C)c4ccccc4)cc3)c21. The highest BCUT2D eigenvalue weighted by molar-refractivity contribution is 5.98. The first-order valence-corrected chi connectivity index (χ1v) is 26.1. The molecule has 7 aliphatic carbocycles. The second kappa shape index (κ2) is 14.7. The van der Waals surface area contributed by atoms with Gasteiger partial charge in [-0.05, 0) is 182 Å². The molecule has 0 heterocycles. The van der Waals surface area contributed by atoms with Crippen LogP contribution in [0.15, 0.2) is 206 Å². The molecule has 0 N–H and O–H groups in total. The second-order valence-corrected chi connectivity index (χ2v) is 22.5. The minimum absolute atomic E-state index is 0.0687. The predicted octanol–water partition coefficient (Wildman–Crippen LogP) is 17.9. The van der Waals surface area contributed by atoms with Gasteiger partial charge in [-0.25, -0.2) is 0 Å². The first-order chi connectivity index (χ1) is 34.3. The van der Waals surface area contributed by atoms with Gasteiger partial charge in [-0.1, -0.05) is 190 Å². The summed E-state index contributed by atoms with van der Waals surface area (Å²) in [5.41, 5.74) is 26.7. The fourth-order valence-corrected chi connectivity index (χ4v) is 16.3. The molecule has 1 heteroatoms. The van der Waals surface area contributed by atoms with E-state index in [1.807, 2.05) is 0 Å². The molecule has 9 aromatic rings. The van der Waals surface area contributed by atoms with Crippen molar-refractivity contribution in [2.45, 2.75) is 69.1 Å². The third-order valence-corrected chi connectivity index (χ3v) is 18.9. The normalized spacial score (nSPS) is 24.2. The van der Waals surface area contributed by atoms with Crippen molar-refractivity contribution in [1.82, 2.24) is 0 Å².